The number of carbonyl (C=O) groups is 2. The topological polar surface area (TPSA) is 95.0 Å². The van der Waals surface area contributed by atoms with Gasteiger partial charge in [0.15, 0.2) is 28.2 Å². The maximum atomic E-state index is 14.5. The highest BCUT2D eigenvalue weighted by atomic mass is 32.2. The third-order valence-corrected chi connectivity index (χ3v) is 10.1. The number of halogens is 5. The Morgan fingerprint density at radius 3 is 1.95 bits per heavy atom. The molecule has 0 unspecified atom stereocenters. The Hall–Kier alpha value is -3.84. The molecule has 1 N–H and O–H groups in total. The highest BCUT2D eigenvalue weighted by molar-refractivity contribution is 7.89. The zero-order valence-electron chi connectivity index (χ0n) is 24.2. The van der Waals surface area contributed by atoms with Gasteiger partial charge in [-0.15, -0.1) is 0 Å². The van der Waals surface area contributed by atoms with Crippen LogP contribution in [-0.2, 0) is 21.4 Å². The highest BCUT2D eigenvalue weighted by Crippen LogP contribution is 2.34. The minimum absolute atomic E-state index is 0.0606. The Morgan fingerprint density at radius 2 is 1.43 bits per heavy atom. The van der Waals surface area contributed by atoms with Crippen LogP contribution < -0.4 is 4.90 Å². The largest absolute Gasteiger partial charge is 0.478 e. The van der Waals surface area contributed by atoms with Gasteiger partial charge in [0.2, 0.25) is 21.7 Å². The predicted octanol–water partition coefficient (Wildman–Crippen LogP) is 6.68. The molecule has 1 saturated carbocycles. The molecule has 0 heterocycles. The maximum absolute atomic E-state index is 14.5. The molecular formula is C31H31F5N2O5S. The number of nitrogens with zero attached hydrogens (tertiary/aromatic N) is 2. The molecule has 13 heteroatoms. The Balaban J connectivity index is 1.71. The molecule has 1 amide bonds. The second kappa shape index (κ2) is 13.0. The molecule has 1 aliphatic carbocycles. The smallest absolute Gasteiger partial charge is 0.335 e. The van der Waals surface area contributed by atoms with Crippen molar-refractivity contribution in [3.05, 3.63) is 93.8 Å². The molecule has 0 saturated heterocycles. The minimum Gasteiger partial charge on any atom is -0.478 e. The number of aromatic carboxylic acids is 1. The van der Waals surface area contributed by atoms with Crippen LogP contribution in [0.15, 0.2) is 47.4 Å². The van der Waals surface area contributed by atoms with E-state index >= 15 is 0 Å². The molecular weight excluding hydrogens is 607 g/mol. The third-order valence-electron chi connectivity index (χ3n) is 8.11. The summed E-state index contributed by atoms with van der Waals surface area (Å²) in [5.41, 5.74) is 2.32. The van der Waals surface area contributed by atoms with Crippen LogP contribution in [0.1, 0.15) is 72.0 Å². The number of carboxylic acids is 1. The molecule has 3 aromatic carbocycles. The second-order valence-corrected chi connectivity index (χ2v) is 12.8. The van der Waals surface area contributed by atoms with Gasteiger partial charge in [-0.05, 0) is 67.5 Å². The first-order chi connectivity index (χ1) is 20.7. The lowest BCUT2D eigenvalue weighted by molar-refractivity contribution is -0.121. The van der Waals surface area contributed by atoms with Gasteiger partial charge in [-0.2, -0.15) is 4.31 Å². The first-order valence-corrected chi connectivity index (χ1v) is 15.3. The van der Waals surface area contributed by atoms with Crippen LogP contribution in [0.3, 0.4) is 0 Å². The number of hydrogen-bond donors (Lipinski definition) is 1. The first-order valence-electron chi connectivity index (χ1n) is 13.9. The van der Waals surface area contributed by atoms with Crippen molar-refractivity contribution in [3.63, 3.8) is 0 Å². The molecule has 0 aromatic heterocycles. The fraction of sp³-hybridized carbons (Fsp3) is 0.355. The van der Waals surface area contributed by atoms with Gasteiger partial charge in [-0.1, -0.05) is 43.5 Å². The molecule has 0 aliphatic heterocycles. The lowest BCUT2D eigenvalue weighted by Gasteiger charge is -2.31. The molecule has 1 aliphatic rings. The fourth-order valence-electron chi connectivity index (χ4n) is 5.43. The minimum atomic E-state index is -5.43. The van der Waals surface area contributed by atoms with E-state index in [9.17, 15) is 45.1 Å². The van der Waals surface area contributed by atoms with Crippen LogP contribution in [0, 0.1) is 36.0 Å². The molecule has 7 nitrogen and oxygen atoms in total. The van der Waals surface area contributed by atoms with Crippen LogP contribution in [0.4, 0.5) is 27.6 Å². The van der Waals surface area contributed by atoms with E-state index in [1.807, 2.05) is 24.3 Å². The number of hydrogen-bond acceptors (Lipinski definition) is 4. The Bertz CT molecular complexity index is 1660. The van der Waals surface area contributed by atoms with Gasteiger partial charge in [0.25, 0.3) is 0 Å². The van der Waals surface area contributed by atoms with Crippen molar-refractivity contribution in [2.75, 3.05) is 11.9 Å². The number of carboxylic acid groups (broad SMARTS) is 1. The zero-order chi connectivity index (χ0) is 32.5. The molecule has 0 radical (unpaired) electrons. The average molecular weight is 639 g/mol. The summed E-state index contributed by atoms with van der Waals surface area (Å²) in [5.74, 6) is -14.2. The van der Waals surface area contributed by atoms with Crippen LogP contribution in [0.25, 0.3) is 0 Å². The van der Waals surface area contributed by atoms with Crippen LogP contribution in [-0.4, -0.2) is 42.8 Å². The van der Waals surface area contributed by atoms with E-state index in [1.54, 1.807) is 6.92 Å². The first kappa shape index (κ1) is 33.1. The molecule has 236 valence electrons. The van der Waals surface area contributed by atoms with Gasteiger partial charge in [0, 0.05) is 12.7 Å². The Morgan fingerprint density at radius 1 is 0.886 bits per heavy atom. The number of anilines is 1. The van der Waals surface area contributed by atoms with Crippen molar-refractivity contribution in [2.24, 2.45) is 0 Å². The van der Waals surface area contributed by atoms with Crippen molar-refractivity contribution in [2.45, 2.75) is 69.4 Å². The van der Waals surface area contributed by atoms with Crippen LogP contribution >= 0.6 is 0 Å². The monoisotopic (exact) mass is 638 g/mol. The lowest BCUT2D eigenvalue weighted by Crippen LogP contribution is -2.48. The number of carbonyl (C=O) groups excluding carboxylic acids is 1. The van der Waals surface area contributed by atoms with E-state index in [-0.39, 0.29) is 22.1 Å². The number of likely N-dealkylation sites (N-methyl/N-ethyl adjacent to an activating group) is 1. The molecule has 44 heavy (non-hydrogen) atoms. The van der Waals surface area contributed by atoms with Crippen molar-refractivity contribution < 1.29 is 45.1 Å². The summed E-state index contributed by atoms with van der Waals surface area (Å²) >= 11 is 0. The highest BCUT2D eigenvalue weighted by Gasteiger charge is 2.40. The van der Waals surface area contributed by atoms with Crippen LogP contribution in [0.5, 0.6) is 0 Å². The Labute approximate surface area is 252 Å². The van der Waals surface area contributed by atoms with Crippen molar-refractivity contribution in [1.82, 2.24) is 4.31 Å². The van der Waals surface area contributed by atoms with Gasteiger partial charge in [0.1, 0.15) is 6.04 Å². The fourth-order valence-corrected chi connectivity index (χ4v) is 6.86. The van der Waals surface area contributed by atoms with E-state index < -0.39 is 61.9 Å². The number of rotatable bonds is 9. The van der Waals surface area contributed by atoms with E-state index in [1.165, 1.54) is 29.5 Å². The van der Waals surface area contributed by atoms with E-state index in [0.717, 1.165) is 45.2 Å². The maximum Gasteiger partial charge on any atom is 0.335 e. The van der Waals surface area contributed by atoms with E-state index in [2.05, 4.69) is 0 Å². The summed E-state index contributed by atoms with van der Waals surface area (Å²) in [6.07, 6.45) is 5.61. The number of sulfonamides is 1. The van der Waals surface area contributed by atoms with Gasteiger partial charge in [-0.25, -0.2) is 35.2 Å². The molecule has 4 rings (SSSR count). The molecule has 0 spiro atoms. The van der Waals surface area contributed by atoms with Gasteiger partial charge >= 0.3 is 5.97 Å². The normalized spacial score (nSPS) is 14.9. The zero-order valence-corrected chi connectivity index (χ0v) is 25.0. The summed E-state index contributed by atoms with van der Waals surface area (Å²) in [6, 6.07) is 9.82. The number of benzene rings is 3. The number of aryl methyl sites for hydroxylation is 1. The summed E-state index contributed by atoms with van der Waals surface area (Å²) < 4.78 is 96.9. The molecule has 3 aromatic rings. The predicted molar refractivity (Wildman–Crippen MR) is 152 cm³/mol. The summed E-state index contributed by atoms with van der Waals surface area (Å²) in [6.45, 7) is 2.55. The number of amides is 1. The van der Waals surface area contributed by atoms with Gasteiger partial charge in [0.05, 0.1) is 12.1 Å². The summed E-state index contributed by atoms with van der Waals surface area (Å²) in [7, 11) is -4.64. The lowest BCUT2D eigenvalue weighted by atomic mass is 9.84. The standard InChI is InChI=1S/C31H31F5N2O5S/c1-17-15-22(31(40)41)13-14-23(17)38(16-19-9-11-21(12-10-19)20-7-5-4-6-8-20)30(39)18(2)37(3)44(42,43)29-27(35)25(33)24(32)26(34)28(29)36/h9-15,18,20H,4-8,16H2,1-3H3,(H,40,41)/t18-/m1/s1. The molecule has 1 atom stereocenters. The van der Waals surface area contributed by atoms with Crippen molar-refractivity contribution >= 4 is 27.6 Å². The third kappa shape index (κ3) is 6.34. The second-order valence-electron chi connectivity index (χ2n) is 10.9. The Kier molecular flexibility index (Phi) is 9.79. The van der Waals surface area contributed by atoms with Gasteiger partial charge in [-0.3, -0.25) is 4.79 Å². The van der Waals surface area contributed by atoms with Crippen molar-refractivity contribution in [3.8, 4) is 0 Å². The molecule has 0 bridgehead atoms. The quantitative estimate of drug-likeness (QED) is 0.160. The average Bonchev–Trinajstić information content (AvgIpc) is 3.01. The van der Waals surface area contributed by atoms with Crippen LogP contribution in [0.2, 0.25) is 0 Å². The summed E-state index contributed by atoms with van der Waals surface area (Å²) in [4.78, 5) is 24.5. The van der Waals surface area contributed by atoms with Crippen molar-refractivity contribution in [1.29, 1.82) is 0 Å². The van der Waals surface area contributed by atoms with E-state index in [4.69, 9.17) is 0 Å². The molecule has 1 fully saturated rings. The summed E-state index contributed by atoms with van der Waals surface area (Å²) in [5, 5.41) is 9.38. The van der Waals surface area contributed by atoms with Gasteiger partial charge < -0.3 is 10.0 Å². The van der Waals surface area contributed by atoms with E-state index in [0.29, 0.717) is 17.0 Å². The SMILES string of the molecule is Cc1cc(C(=O)O)ccc1N(Cc1ccc(C2CCCCC2)cc1)C(=O)[C@@H](C)N(C)S(=O)(=O)c1c(F)c(F)c(F)c(F)c1F.